The van der Waals surface area contributed by atoms with Gasteiger partial charge in [-0.15, -0.1) is 0 Å². The van der Waals surface area contributed by atoms with Gasteiger partial charge in [0.2, 0.25) is 11.1 Å². The van der Waals surface area contributed by atoms with Gasteiger partial charge in [-0.05, 0) is 38.6 Å². The van der Waals surface area contributed by atoms with Crippen LogP contribution in [0.3, 0.4) is 0 Å². The number of amides is 1. The number of carbonyl (C=O) groups excluding carboxylic acids is 1. The maximum atomic E-state index is 11.5. The highest BCUT2D eigenvalue weighted by atomic mass is 32.2. The zero-order valence-corrected chi connectivity index (χ0v) is 12.9. The zero-order valence-electron chi connectivity index (χ0n) is 10.4. The summed E-state index contributed by atoms with van der Waals surface area (Å²) in [5.74, 6) is 0.824. The average Bonchev–Trinajstić information content (AvgIpc) is 2.63. The van der Waals surface area contributed by atoms with Gasteiger partial charge in [0, 0.05) is 17.7 Å². The van der Waals surface area contributed by atoms with Crippen LogP contribution in [0.1, 0.15) is 27.2 Å². The van der Waals surface area contributed by atoms with E-state index in [1.165, 1.54) is 23.3 Å². The molecule has 0 fully saturated rings. The van der Waals surface area contributed by atoms with Gasteiger partial charge in [-0.25, -0.2) is 4.98 Å². The Morgan fingerprint density at radius 3 is 2.71 bits per heavy atom. The van der Waals surface area contributed by atoms with Gasteiger partial charge in [-0.1, -0.05) is 23.5 Å². The van der Waals surface area contributed by atoms with Crippen LogP contribution >= 0.6 is 35.1 Å². The molecule has 1 rings (SSSR count). The van der Waals surface area contributed by atoms with Gasteiger partial charge < -0.3 is 5.32 Å². The monoisotopic (exact) mass is 291 g/mol. The molecule has 1 N–H and O–H groups in total. The fraction of sp³-hybridized carbons (Fsp3) is 0.700. The fourth-order valence-corrected chi connectivity index (χ4v) is 3.27. The molecule has 0 unspecified atom stereocenters. The predicted molar refractivity (Wildman–Crippen MR) is 74.9 cm³/mol. The Balaban J connectivity index is 2.26. The Bertz CT molecular complexity index is 373. The third-order valence-electron chi connectivity index (χ3n) is 1.64. The molecule has 4 nitrogen and oxygen atoms in total. The van der Waals surface area contributed by atoms with Gasteiger partial charge in [0.05, 0.1) is 0 Å². The van der Waals surface area contributed by atoms with Crippen LogP contribution in [-0.4, -0.2) is 32.8 Å². The quantitative estimate of drug-likeness (QED) is 0.845. The zero-order chi connectivity index (χ0) is 12.9. The Morgan fingerprint density at radius 1 is 1.47 bits per heavy atom. The normalized spacial score (nSPS) is 11.5. The summed E-state index contributed by atoms with van der Waals surface area (Å²) in [4.78, 5) is 15.9. The van der Waals surface area contributed by atoms with E-state index in [0.717, 1.165) is 15.2 Å². The number of nitrogens with one attached hydrogen (secondary N) is 1. The number of thioether (sulfide) groups is 2. The van der Waals surface area contributed by atoms with E-state index in [9.17, 15) is 4.79 Å². The third-order valence-corrected chi connectivity index (χ3v) is 4.14. The van der Waals surface area contributed by atoms with E-state index in [1.807, 2.05) is 27.0 Å². The summed E-state index contributed by atoms with van der Waals surface area (Å²) in [5.41, 5.74) is -0.156. The largest absolute Gasteiger partial charge is 0.351 e. The van der Waals surface area contributed by atoms with Crippen molar-refractivity contribution in [2.45, 2.75) is 42.2 Å². The minimum absolute atomic E-state index is 0.0830. The summed E-state index contributed by atoms with van der Waals surface area (Å²) in [7, 11) is 0. The Kier molecular flexibility index (Phi) is 5.75. The lowest BCUT2D eigenvalue weighted by Gasteiger charge is -2.20. The number of carbonyl (C=O) groups is 1. The van der Waals surface area contributed by atoms with Crippen LogP contribution in [0.4, 0.5) is 0 Å². The molecule has 0 aliphatic rings. The molecule has 96 valence electrons. The number of hydrogen-bond acceptors (Lipinski definition) is 6. The molecule has 17 heavy (non-hydrogen) atoms. The summed E-state index contributed by atoms with van der Waals surface area (Å²) >= 11 is 4.50. The van der Waals surface area contributed by atoms with Gasteiger partial charge in [-0.3, -0.25) is 4.79 Å². The second-order valence-electron chi connectivity index (χ2n) is 4.44. The van der Waals surface area contributed by atoms with Gasteiger partial charge in [0.1, 0.15) is 0 Å². The van der Waals surface area contributed by atoms with E-state index < -0.39 is 0 Å². The van der Waals surface area contributed by atoms with Crippen LogP contribution in [-0.2, 0) is 4.79 Å². The second kappa shape index (κ2) is 6.61. The molecule has 0 saturated heterocycles. The van der Waals surface area contributed by atoms with E-state index in [-0.39, 0.29) is 11.4 Å². The highest BCUT2D eigenvalue weighted by molar-refractivity contribution is 8.01. The van der Waals surface area contributed by atoms with E-state index >= 15 is 0 Å². The molecule has 0 aliphatic heterocycles. The molecular formula is C10H17N3OS3. The minimum Gasteiger partial charge on any atom is -0.351 e. The van der Waals surface area contributed by atoms with Gasteiger partial charge in [0.15, 0.2) is 4.34 Å². The predicted octanol–water partition coefficient (Wildman–Crippen LogP) is 2.66. The molecule has 7 heteroatoms. The van der Waals surface area contributed by atoms with Gasteiger partial charge >= 0.3 is 0 Å². The molecular weight excluding hydrogens is 274 g/mol. The summed E-state index contributed by atoms with van der Waals surface area (Å²) in [6.45, 7) is 5.94. The molecule has 0 bridgehead atoms. The lowest BCUT2D eigenvalue weighted by molar-refractivity contribution is -0.122. The Morgan fingerprint density at radius 2 is 2.18 bits per heavy atom. The number of rotatable bonds is 5. The number of aromatic nitrogens is 2. The van der Waals surface area contributed by atoms with Crippen LogP contribution in [0.2, 0.25) is 0 Å². The summed E-state index contributed by atoms with van der Waals surface area (Å²) < 4.78 is 5.09. The van der Waals surface area contributed by atoms with Crippen molar-refractivity contribution in [3.05, 3.63) is 0 Å². The van der Waals surface area contributed by atoms with Crippen molar-refractivity contribution >= 4 is 41.0 Å². The lowest BCUT2D eigenvalue weighted by Crippen LogP contribution is -2.40. The molecule has 0 aromatic carbocycles. The minimum atomic E-state index is -0.156. The highest BCUT2D eigenvalue weighted by Gasteiger charge is 2.13. The Labute approximate surface area is 115 Å². The topological polar surface area (TPSA) is 54.9 Å². The van der Waals surface area contributed by atoms with Crippen molar-refractivity contribution in [2.75, 3.05) is 12.0 Å². The van der Waals surface area contributed by atoms with Gasteiger partial charge in [0.25, 0.3) is 0 Å². The van der Waals surface area contributed by atoms with Crippen molar-refractivity contribution in [3.63, 3.8) is 0 Å². The van der Waals surface area contributed by atoms with Crippen molar-refractivity contribution in [1.29, 1.82) is 0 Å². The summed E-state index contributed by atoms with van der Waals surface area (Å²) in [6.07, 6.45) is 2.46. The van der Waals surface area contributed by atoms with Crippen LogP contribution < -0.4 is 5.32 Å². The standard InChI is InChI=1S/C10H17N3OS3/c1-10(2,3)12-7(14)5-6-16-9-11-8(15-4)13-17-9/h5-6H2,1-4H3,(H,12,14). The molecule has 0 atom stereocenters. The third kappa shape index (κ3) is 6.28. The SMILES string of the molecule is CSc1nsc(SCCC(=O)NC(C)(C)C)n1. The van der Waals surface area contributed by atoms with E-state index in [0.29, 0.717) is 6.42 Å². The second-order valence-corrected chi connectivity index (χ2v) is 7.31. The lowest BCUT2D eigenvalue weighted by atomic mass is 10.1. The molecule has 0 radical (unpaired) electrons. The van der Waals surface area contributed by atoms with E-state index in [1.54, 1.807) is 11.8 Å². The van der Waals surface area contributed by atoms with Crippen LogP contribution in [0.25, 0.3) is 0 Å². The molecule has 0 saturated carbocycles. The first-order valence-corrected chi connectivity index (χ1v) is 8.20. The van der Waals surface area contributed by atoms with Crippen molar-refractivity contribution in [1.82, 2.24) is 14.7 Å². The molecule has 1 aromatic rings. The highest BCUT2D eigenvalue weighted by Crippen LogP contribution is 2.23. The van der Waals surface area contributed by atoms with Crippen molar-refractivity contribution in [2.24, 2.45) is 0 Å². The average molecular weight is 291 g/mol. The molecule has 1 amide bonds. The van der Waals surface area contributed by atoms with Crippen LogP contribution in [0.15, 0.2) is 9.50 Å². The first-order chi connectivity index (χ1) is 7.90. The first-order valence-electron chi connectivity index (χ1n) is 5.22. The van der Waals surface area contributed by atoms with Gasteiger partial charge in [-0.2, -0.15) is 4.37 Å². The Hall–Kier alpha value is -0.270. The molecule has 1 aromatic heterocycles. The smallest absolute Gasteiger partial charge is 0.221 e. The number of nitrogens with zero attached hydrogens (tertiary/aromatic N) is 2. The molecule has 0 aliphatic carbocycles. The maximum absolute atomic E-state index is 11.5. The van der Waals surface area contributed by atoms with E-state index in [4.69, 9.17) is 0 Å². The van der Waals surface area contributed by atoms with E-state index in [2.05, 4.69) is 14.7 Å². The fourth-order valence-electron chi connectivity index (χ4n) is 1.05. The molecule has 0 spiro atoms. The summed E-state index contributed by atoms with van der Waals surface area (Å²) in [5, 5.41) is 3.74. The number of hydrogen-bond donors (Lipinski definition) is 1. The summed E-state index contributed by atoms with van der Waals surface area (Å²) in [6, 6.07) is 0. The van der Waals surface area contributed by atoms with Crippen LogP contribution in [0, 0.1) is 0 Å². The van der Waals surface area contributed by atoms with Crippen LogP contribution in [0.5, 0.6) is 0 Å². The maximum Gasteiger partial charge on any atom is 0.221 e. The van der Waals surface area contributed by atoms with Crippen molar-refractivity contribution < 1.29 is 4.79 Å². The first kappa shape index (κ1) is 14.8. The van der Waals surface area contributed by atoms with Crippen molar-refractivity contribution in [3.8, 4) is 0 Å². The molecule has 1 heterocycles.